The minimum atomic E-state index is -0.838. The molecule has 4 nitrogen and oxygen atoms in total. The van der Waals surface area contributed by atoms with Crippen molar-refractivity contribution < 1.29 is 14.7 Å². The highest BCUT2D eigenvalue weighted by molar-refractivity contribution is 5.85. The SMILES string of the molecule is C=Cc1ccc(CCNC(=O)CC2(C(=O)O)CCCC2)cc1. The summed E-state index contributed by atoms with van der Waals surface area (Å²) in [5, 5.41) is 12.2. The Labute approximate surface area is 131 Å². The van der Waals surface area contributed by atoms with Crippen molar-refractivity contribution in [2.24, 2.45) is 5.41 Å². The number of carboxylic acids is 1. The van der Waals surface area contributed by atoms with Crippen LogP contribution in [0, 0.1) is 5.41 Å². The smallest absolute Gasteiger partial charge is 0.310 e. The van der Waals surface area contributed by atoms with Gasteiger partial charge in [-0.1, -0.05) is 49.8 Å². The first-order chi connectivity index (χ1) is 10.6. The van der Waals surface area contributed by atoms with E-state index < -0.39 is 11.4 Å². The van der Waals surface area contributed by atoms with Gasteiger partial charge in [0.15, 0.2) is 0 Å². The Balaban J connectivity index is 1.79. The lowest BCUT2D eigenvalue weighted by atomic mass is 9.82. The number of hydrogen-bond donors (Lipinski definition) is 2. The summed E-state index contributed by atoms with van der Waals surface area (Å²) in [7, 11) is 0. The maximum atomic E-state index is 12.0. The lowest BCUT2D eigenvalue weighted by molar-refractivity contribution is -0.151. The number of carbonyl (C=O) groups excluding carboxylic acids is 1. The van der Waals surface area contributed by atoms with Crippen molar-refractivity contribution in [3.63, 3.8) is 0 Å². The molecule has 2 rings (SSSR count). The number of carbonyl (C=O) groups is 2. The molecular formula is C18H23NO3. The van der Waals surface area contributed by atoms with E-state index in [1.807, 2.05) is 24.3 Å². The van der Waals surface area contributed by atoms with Gasteiger partial charge in [0, 0.05) is 13.0 Å². The van der Waals surface area contributed by atoms with Gasteiger partial charge in [0.25, 0.3) is 0 Å². The maximum Gasteiger partial charge on any atom is 0.310 e. The summed E-state index contributed by atoms with van der Waals surface area (Å²) in [6.07, 6.45) is 5.64. The van der Waals surface area contributed by atoms with Crippen molar-refractivity contribution in [3.8, 4) is 0 Å². The number of carboxylic acid groups (broad SMARTS) is 1. The molecule has 1 fully saturated rings. The van der Waals surface area contributed by atoms with E-state index in [4.69, 9.17) is 0 Å². The van der Waals surface area contributed by atoms with Crippen LogP contribution in [0.4, 0.5) is 0 Å². The summed E-state index contributed by atoms with van der Waals surface area (Å²) >= 11 is 0. The molecule has 0 heterocycles. The Bertz CT molecular complexity index is 542. The van der Waals surface area contributed by atoms with Gasteiger partial charge in [-0.05, 0) is 30.4 Å². The van der Waals surface area contributed by atoms with Crippen LogP contribution in [-0.4, -0.2) is 23.5 Å². The standard InChI is InChI=1S/C18H23NO3/c1-2-14-5-7-15(8-6-14)9-12-19-16(20)13-18(17(21)22)10-3-4-11-18/h2,5-8H,1,3-4,9-13H2,(H,19,20)(H,21,22). The predicted molar refractivity (Wildman–Crippen MR) is 86.4 cm³/mol. The van der Waals surface area contributed by atoms with Crippen molar-refractivity contribution in [3.05, 3.63) is 42.0 Å². The summed E-state index contributed by atoms with van der Waals surface area (Å²) < 4.78 is 0. The van der Waals surface area contributed by atoms with Crippen LogP contribution in [0.1, 0.15) is 43.2 Å². The van der Waals surface area contributed by atoms with Gasteiger partial charge < -0.3 is 10.4 Å². The van der Waals surface area contributed by atoms with Gasteiger partial charge in [-0.3, -0.25) is 9.59 Å². The number of aliphatic carboxylic acids is 1. The Morgan fingerprint density at radius 3 is 2.41 bits per heavy atom. The van der Waals surface area contributed by atoms with Crippen molar-refractivity contribution >= 4 is 18.0 Å². The molecule has 0 unspecified atom stereocenters. The molecule has 0 atom stereocenters. The summed E-state index contributed by atoms with van der Waals surface area (Å²) in [5.74, 6) is -0.993. The lowest BCUT2D eigenvalue weighted by Gasteiger charge is -2.22. The van der Waals surface area contributed by atoms with Crippen LogP contribution in [0.15, 0.2) is 30.8 Å². The average Bonchev–Trinajstić information content (AvgIpc) is 2.98. The number of benzene rings is 1. The zero-order chi connectivity index (χ0) is 16.0. The minimum absolute atomic E-state index is 0.0950. The molecule has 22 heavy (non-hydrogen) atoms. The van der Waals surface area contributed by atoms with Gasteiger partial charge in [0.2, 0.25) is 5.91 Å². The number of rotatable bonds is 7. The molecule has 0 radical (unpaired) electrons. The van der Waals surface area contributed by atoms with E-state index in [9.17, 15) is 14.7 Å². The van der Waals surface area contributed by atoms with Gasteiger partial charge in [0.1, 0.15) is 0 Å². The van der Waals surface area contributed by atoms with Crippen molar-refractivity contribution in [1.29, 1.82) is 0 Å². The van der Waals surface area contributed by atoms with Crippen molar-refractivity contribution in [1.82, 2.24) is 5.32 Å². The Morgan fingerprint density at radius 2 is 1.86 bits per heavy atom. The van der Waals surface area contributed by atoms with Crippen molar-refractivity contribution in [2.45, 2.75) is 38.5 Å². The van der Waals surface area contributed by atoms with Crippen molar-refractivity contribution in [2.75, 3.05) is 6.54 Å². The largest absolute Gasteiger partial charge is 0.481 e. The molecule has 2 N–H and O–H groups in total. The molecule has 118 valence electrons. The highest BCUT2D eigenvalue weighted by Crippen LogP contribution is 2.41. The first-order valence-electron chi connectivity index (χ1n) is 7.77. The minimum Gasteiger partial charge on any atom is -0.481 e. The molecule has 0 spiro atoms. The van der Waals surface area contributed by atoms with E-state index in [1.54, 1.807) is 6.08 Å². The number of amides is 1. The second-order valence-corrected chi connectivity index (χ2v) is 6.02. The van der Waals surface area contributed by atoms with Gasteiger partial charge in [-0.2, -0.15) is 0 Å². The second kappa shape index (κ2) is 7.25. The predicted octanol–water partition coefficient (Wildman–Crippen LogP) is 3.02. The van der Waals surface area contributed by atoms with Crippen LogP contribution in [-0.2, 0) is 16.0 Å². The van der Waals surface area contributed by atoms with Gasteiger partial charge in [-0.15, -0.1) is 0 Å². The molecule has 1 amide bonds. The van der Waals surface area contributed by atoms with E-state index >= 15 is 0 Å². The topological polar surface area (TPSA) is 66.4 Å². The quantitative estimate of drug-likeness (QED) is 0.813. The summed E-state index contributed by atoms with van der Waals surface area (Å²) in [6.45, 7) is 4.24. The van der Waals surface area contributed by atoms with Crippen LogP contribution in [0.3, 0.4) is 0 Å². The Morgan fingerprint density at radius 1 is 1.23 bits per heavy atom. The normalized spacial score (nSPS) is 16.2. The molecule has 0 aliphatic heterocycles. The summed E-state index contributed by atoms with van der Waals surface area (Å²) in [4.78, 5) is 23.4. The molecule has 1 saturated carbocycles. The van der Waals surface area contributed by atoms with Crippen LogP contribution in [0.25, 0.3) is 6.08 Å². The van der Waals surface area contributed by atoms with Crippen LogP contribution in [0.2, 0.25) is 0 Å². The number of nitrogens with one attached hydrogen (secondary N) is 1. The first kappa shape index (κ1) is 16.3. The van der Waals surface area contributed by atoms with E-state index in [-0.39, 0.29) is 12.3 Å². The average molecular weight is 301 g/mol. The zero-order valence-electron chi connectivity index (χ0n) is 12.8. The van der Waals surface area contributed by atoms with E-state index in [1.165, 1.54) is 0 Å². The number of hydrogen-bond acceptors (Lipinski definition) is 2. The van der Waals surface area contributed by atoms with Crippen LogP contribution < -0.4 is 5.32 Å². The van der Waals surface area contributed by atoms with E-state index in [0.29, 0.717) is 19.4 Å². The van der Waals surface area contributed by atoms with Gasteiger partial charge in [0.05, 0.1) is 5.41 Å². The molecule has 1 aliphatic rings. The molecule has 0 bridgehead atoms. The Hall–Kier alpha value is -2.10. The zero-order valence-corrected chi connectivity index (χ0v) is 12.8. The summed E-state index contributed by atoms with van der Waals surface area (Å²) in [6, 6.07) is 8.00. The highest BCUT2D eigenvalue weighted by Gasteiger charge is 2.42. The van der Waals surface area contributed by atoms with Gasteiger partial charge in [-0.25, -0.2) is 0 Å². The summed E-state index contributed by atoms with van der Waals surface area (Å²) in [5.41, 5.74) is 1.37. The third kappa shape index (κ3) is 3.97. The third-order valence-electron chi connectivity index (χ3n) is 4.46. The highest BCUT2D eigenvalue weighted by atomic mass is 16.4. The molecule has 1 aromatic rings. The fraction of sp³-hybridized carbons (Fsp3) is 0.444. The molecule has 4 heteroatoms. The fourth-order valence-electron chi connectivity index (χ4n) is 3.05. The molecular weight excluding hydrogens is 278 g/mol. The van der Waals surface area contributed by atoms with E-state index in [0.717, 1.165) is 30.4 Å². The van der Waals surface area contributed by atoms with E-state index in [2.05, 4.69) is 11.9 Å². The first-order valence-corrected chi connectivity index (χ1v) is 7.77. The third-order valence-corrected chi connectivity index (χ3v) is 4.46. The molecule has 1 aliphatic carbocycles. The van der Waals surface area contributed by atoms with Gasteiger partial charge >= 0.3 is 5.97 Å². The Kier molecular flexibility index (Phi) is 5.36. The molecule has 1 aromatic carbocycles. The fourth-order valence-corrected chi connectivity index (χ4v) is 3.05. The molecule has 0 aromatic heterocycles. The lowest BCUT2D eigenvalue weighted by Crippen LogP contribution is -2.36. The maximum absolute atomic E-state index is 12.0. The van der Waals surface area contributed by atoms with Crippen LogP contribution in [0.5, 0.6) is 0 Å². The van der Waals surface area contributed by atoms with Crippen LogP contribution >= 0.6 is 0 Å². The monoisotopic (exact) mass is 301 g/mol. The second-order valence-electron chi connectivity index (χ2n) is 6.02. The molecule has 0 saturated heterocycles.